The van der Waals surface area contributed by atoms with Gasteiger partial charge in [0.15, 0.2) is 0 Å². The molecule has 38 heavy (non-hydrogen) atoms. The van der Waals surface area contributed by atoms with Gasteiger partial charge < -0.3 is 14.7 Å². The third-order valence-electron chi connectivity index (χ3n) is 6.01. The van der Waals surface area contributed by atoms with Crippen LogP contribution in [0.3, 0.4) is 0 Å². The Kier molecular flexibility index (Phi) is 8.93. The number of rotatable bonds is 8. The quantitative estimate of drug-likeness (QED) is 0.251. The number of halogens is 4. The highest BCUT2D eigenvalue weighted by molar-refractivity contribution is 5.85. The number of hydrogen-bond acceptors (Lipinski definition) is 6. The topological polar surface area (TPSA) is 108 Å². The van der Waals surface area contributed by atoms with Crippen molar-refractivity contribution in [2.75, 3.05) is 6.61 Å². The molecule has 1 heterocycles. The van der Waals surface area contributed by atoms with E-state index in [0.29, 0.717) is 16.7 Å². The maximum atomic E-state index is 14.0. The second-order valence-corrected chi connectivity index (χ2v) is 8.58. The molecule has 7 nitrogen and oxygen atoms in total. The third-order valence-corrected chi connectivity index (χ3v) is 6.01. The predicted octanol–water partition coefficient (Wildman–Crippen LogP) is 5.92. The van der Waals surface area contributed by atoms with Gasteiger partial charge in [0.05, 0.1) is 18.2 Å². The van der Waals surface area contributed by atoms with Gasteiger partial charge in [-0.25, -0.2) is 0 Å². The van der Waals surface area contributed by atoms with Crippen LogP contribution in [0, 0.1) is 6.92 Å². The highest BCUT2D eigenvalue weighted by atomic mass is 35.5. The van der Waals surface area contributed by atoms with E-state index in [-0.39, 0.29) is 41.9 Å². The van der Waals surface area contributed by atoms with Crippen molar-refractivity contribution in [1.29, 1.82) is 0 Å². The molecule has 0 fully saturated rings. The molecule has 3 N–H and O–H groups in total. The first-order valence-corrected chi connectivity index (χ1v) is 11.4. The molecule has 4 aromatic rings. The molecule has 0 spiro atoms. The van der Waals surface area contributed by atoms with Crippen molar-refractivity contribution in [1.82, 2.24) is 15.5 Å². The maximum absolute atomic E-state index is 14.0. The Labute approximate surface area is 222 Å². The summed E-state index contributed by atoms with van der Waals surface area (Å²) in [5.41, 5.74) is 1.78. The third kappa shape index (κ3) is 6.21. The Bertz CT molecular complexity index is 1410. The largest absolute Gasteiger partial charge is 0.480 e. The van der Waals surface area contributed by atoms with E-state index >= 15 is 0 Å². The zero-order valence-corrected chi connectivity index (χ0v) is 21.2. The van der Waals surface area contributed by atoms with Gasteiger partial charge in [-0.05, 0) is 48.2 Å². The maximum Gasteiger partial charge on any atom is 0.417 e. The average molecular weight is 548 g/mol. The molecule has 0 radical (unpaired) electrons. The lowest BCUT2D eigenvalue weighted by molar-refractivity contribution is -0.139. The fraction of sp³-hybridized carbons (Fsp3) is 0.222. The molecule has 2 atom stereocenters. The van der Waals surface area contributed by atoms with Gasteiger partial charge in [0, 0.05) is 11.1 Å². The highest BCUT2D eigenvalue weighted by Gasteiger charge is 2.34. The van der Waals surface area contributed by atoms with Crippen LogP contribution in [0.2, 0.25) is 0 Å². The van der Waals surface area contributed by atoms with Crippen molar-refractivity contribution < 1.29 is 32.7 Å². The number of carboxylic acids is 1. The second kappa shape index (κ2) is 11.8. The van der Waals surface area contributed by atoms with Crippen LogP contribution in [0.4, 0.5) is 13.2 Å². The fourth-order valence-electron chi connectivity index (χ4n) is 3.97. The molecule has 0 aliphatic carbocycles. The van der Waals surface area contributed by atoms with Crippen molar-refractivity contribution >= 4 is 18.4 Å². The van der Waals surface area contributed by atoms with E-state index in [9.17, 15) is 23.1 Å². The van der Waals surface area contributed by atoms with Gasteiger partial charge in [-0.15, -0.1) is 12.4 Å². The lowest BCUT2D eigenvalue weighted by Gasteiger charge is -2.19. The summed E-state index contributed by atoms with van der Waals surface area (Å²) in [4.78, 5) is 15.4. The van der Waals surface area contributed by atoms with Gasteiger partial charge in [-0.1, -0.05) is 59.8 Å². The number of carbonyl (C=O) groups is 1. The first kappa shape index (κ1) is 28.8. The minimum Gasteiger partial charge on any atom is -0.480 e. The first-order chi connectivity index (χ1) is 17.6. The molecular weight excluding hydrogens is 523 g/mol. The van der Waals surface area contributed by atoms with Gasteiger partial charge in [0.2, 0.25) is 5.82 Å². The first-order valence-electron chi connectivity index (χ1n) is 11.4. The molecule has 4 rings (SSSR count). The Morgan fingerprint density at radius 1 is 1.03 bits per heavy atom. The number of benzene rings is 3. The summed E-state index contributed by atoms with van der Waals surface area (Å²) < 4.78 is 47.2. The van der Waals surface area contributed by atoms with E-state index in [4.69, 9.17) is 9.63 Å². The van der Waals surface area contributed by atoms with Gasteiger partial charge in [0.25, 0.3) is 5.89 Å². The predicted molar refractivity (Wildman–Crippen MR) is 138 cm³/mol. The second-order valence-electron chi connectivity index (χ2n) is 8.58. The minimum absolute atomic E-state index is 0. The summed E-state index contributed by atoms with van der Waals surface area (Å²) in [5, 5.41) is 25.4. The van der Waals surface area contributed by atoms with Crippen LogP contribution in [0.5, 0.6) is 0 Å². The minimum atomic E-state index is -4.60. The summed E-state index contributed by atoms with van der Waals surface area (Å²) in [6.45, 7) is 2.91. The molecule has 0 amide bonds. The van der Waals surface area contributed by atoms with Crippen LogP contribution in [-0.2, 0) is 11.0 Å². The van der Waals surface area contributed by atoms with Crippen molar-refractivity contribution in [3.05, 3.63) is 83.4 Å². The SMILES string of the molecule is Cc1ccccc1-c1ccc(-c2nc(-c3ccc([C@H](CO)N[C@H](C)C(=O)O)cc3)no2)cc1C(F)(F)F.Cl. The Morgan fingerprint density at radius 2 is 1.68 bits per heavy atom. The smallest absolute Gasteiger partial charge is 0.417 e. The summed E-state index contributed by atoms with van der Waals surface area (Å²) >= 11 is 0. The van der Waals surface area contributed by atoms with E-state index in [1.54, 1.807) is 55.5 Å². The Morgan fingerprint density at radius 3 is 2.29 bits per heavy atom. The normalized spacial score (nSPS) is 13.0. The number of hydrogen-bond donors (Lipinski definition) is 3. The molecule has 0 unspecified atom stereocenters. The number of alkyl halides is 3. The van der Waals surface area contributed by atoms with Gasteiger partial charge >= 0.3 is 12.1 Å². The fourth-order valence-corrected chi connectivity index (χ4v) is 3.97. The summed E-state index contributed by atoms with van der Waals surface area (Å²) in [6, 6.07) is 16.0. The lowest BCUT2D eigenvalue weighted by atomic mass is 9.94. The van der Waals surface area contributed by atoms with E-state index < -0.39 is 29.8 Å². The Balaban J connectivity index is 0.00000400. The average Bonchev–Trinajstić information content (AvgIpc) is 3.37. The molecule has 0 saturated carbocycles. The molecule has 0 aliphatic heterocycles. The van der Waals surface area contributed by atoms with Crippen LogP contribution in [0.25, 0.3) is 34.0 Å². The van der Waals surface area contributed by atoms with E-state index in [0.717, 1.165) is 11.6 Å². The van der Waals surface area contributed by atoms with Crippen molar-refractivity contribution in [3.63, 3.8) is 0 Å². The van der Waals surface area contributed by atoms with Crippen LogP contribution in [0.1, 0.15) is 29.7 Å². The number of aromatic nitrogens is 2. The zero-order chi connectivity index (χ0) is 26.7. The number of nitrogens with zero attached hydrogens (tertiary/aromatic N) is 2. The Hall–Kier alpha value is -3.73. The number of nitrogens with one attached hydrogen (secondary N) is 1. The molecular formula is C27H25ClF3N3O4. The monoisotopic (exact) mass is 547 g/mol. The molecule has 0 aliphatic rings. The molecule has 1 aromatic heterocycles. The molecule has 0 bridgehead atoms. The zero-order valence-electron chi connectivity index (χ0n) is 20.4. The van der Waals surface area contributed by atoms with Gasteiger partial charge in [-0.2, -0.15) is 18.2 Å². The van der Waals surface area contributed by atoms with E-state index in [2.05, 4.69) is 15.5 Å². The van der Waals surface area contributed by atoms with E-state index in [1.165, 1.54) is 19.1 Å². The summed E-state index contributed by atoms with van der Waals surface area (Å²) in [5.74, 6) is -0.938. The number of aliphatic hydroxyl groups excluding tert-OH is 1. The molecule has 11 heteroatoms. The van der Waals surface area contributed by atoms with Gasteiger partial charge in [-0.3, -0.25) is 10.1 Å². The van der Waals surface area contributed by atoms with Crippen LogP contribution in [-0.4, -0.2) is 39.0 Å². The molecule has 3 aromatic carbocycles. The van der Waals surface area contributed by atoms with E-state index in [1.807, 2.05) is 0 Å². The summed E-state index contributed by atoms with van der Waals surface area (Å²) in [7, 11) is 0. The summed E-state index contributed by atoms with van der Waals surface area (Å²) in [6.07, 6.45) is -4.60. The van der Waals surface area contributed by atoms with Crippen molar-refractivity contribution in [3.8, 4) is 34.0 Å². The molecule has 0 saturated heterocycles. The number of aryl methyl sites for hydroxylation is 1. The number of carboxylic acid groups (broad SMARTS) is 1. The van der Waals surface area contributed by atoms with Crippen molar-refractivity contribution in [2.45, 2.75) is 32.1 Å². The molecule has 200 valence electrons. The number of aliphatic hydroxyl groups is 1. The standard InChI is InChI=1S/C27H24F3N3O4.ClH/c1-15-5-3-4-6-20(15)21-12-11-19(13-22(21)27(28,29)30)25-32-24(33-37-25)18-9-7-17(8-10-18)23(14-34)31-16(2)26(35)36;/h3-13,16,23,31,34H,14H2,1-2H3,(H,35,36);1H/t16-,23+;/m1./s1. The lowest BCUT2D eigenvalue weighted by Crippen LogP contribution is -2.38. The van der Waals surface area contributed by atoms with Gasteiger partial charge in [0.1, 0.15) is 6.04 Å². The van der Waals surface area contributed by atoms with Crippen LogP contribution in [0.15, 0.2) is 71.3 Å². The van der Waals surface area contributed by atoms with Crippen LogP contribution < -0.4 is 5.32 Å². The van der Waals surface area contributed by atoms with Crippen molar-refractivity contribution in [2.24, 2.45) is 0 Å². The van der Waals surface area contributed by atoms with Crippen LogP contribution >= 0.6 is 12.4 Å². The number of aliphatic carboxylic acids is 1. The highest BCUT2D eigenvalue weighted by Crippen LogP contribution is 2.40.